The Morgan fingerprint density at radius 3 is 2.27 bits per heavy atom. The van der Waals surface area contributed by atoms with Gasteiger partial charge in [0.25, 0.3) is 0 Å². The first-order chi connectivity index (χ1) is 14.2. The lowest BCUT2D eigenvalue weighted by Gasteiger charge is -2.24. The summed E-state index contributed by atoms with van der Waals surface area (Å²) in [5.41, 5.74) is 3.32. The second-order valence-electron chi connectivity index (χ2n) is 8.37. The van der Waals surface area contributed by atoms with Crippen molar-refractivity contribution in [3.05, 3.63) is 60.2 Å². The Kier molecular flexibility index (Phi) is 6.66. The maximum Gasteiger partial charge on any atom is 0.240 e. The van der Waals surface area contributed by atoms with E-state index < -0.39 is 0 Å². The predicted octanol–water partition coefficient (Wildman–Crippen LogP) is 5.31. The van der Waals surface area contributed by atoms with Crippen LogP contribution in [-0.2, 0) is 17.3 Å². The number of benzene rings is 2. The third-order valence-electron chi connectivity index (χ3n) is 5.12. The zero-order valence-electron chi connectivity index (χ0n) is 18.6. The summed E-state index contributed by atoms with van der Waals surface area (Å²) < 4.78 is 1.96. The van der Waals surface area contributed by atoms with Gasteiger partial charge in [-0.3, -0.25) is 4.79 Å². The molecule has 0 saturated carbocycles. The summed E-state index contributed by atoms with van der Waals surface area (Å²) in [5.74, 6) is 0.862. The molecule has 0 N–H and O–H groups in total. The number of carbonyl (C=O) groups is 1. The highest BCUT2D eigenvalue weighted by molar-refractivity contribution is 8.00. The Hall–Kier alpha value is -2.60. The Bertz CT molecular complexity index is 990. The fourth-order valence-electron chi connectivity index (χ4n) is 3.29. The van der Waals surface area contributed by atoms with Crippen LogP contribution in [0.4, 0.5) is 5.69 Å². The highest BCUT2D eigenvalue weighted by atomic mass is 32.2. The molecular formula is C24H30N4OS. The minimum atomic E-state index is -0.274. The van der Waals surface area contributed by atoms with Crippen molar-refractivity contribution in [1.82, 2.24) is 14.8 Å². The van der Waals surface area contributed by atoms with Crippen molar-refractivity contribution < 1.29 is 4.79 Å². The summed E-state index contributed by atoms with van der Waals surface area (Å²) in [6, 6.07) is 18.2. The molecule has 1 atom stereocenters. The van der Waals surface area contributed by atoms with Crippen LogP contribution >= 0.6 is 11.8 Å². The smallest absolute Gasteiger partial charge is 0.240 e. The van der Waals surface area contributed by atoms with E-state index in [4.69, 9.17) is 0 Å². The van der Waals surface area contributed by atoms with E-state index in [2.05, 4.69) is 55.2 Å². The first-order valence-corrected chi connectivity index (χ1v) is 11.1. The second kappa shape index (κ2) is 9.04. The maximum atomic E-state index is 13.0. The van der Waals surface area contributed by atoms with Gasteiger partial charge in [0.15, 0.2) is 11.0 Å². The summed E-state index contributed by atoms with van der Waals surface area (Å²) in [7, 11) is 1.95. The second-order valence-corrected chi connectivity index (χ2v) is 9.68. The van der Waals surface area contributed by atoms with Crippen LogP contribution < -0.4 is 4.90 Å². The molecule has 1 unspecified atom stereocenters. The molecule has 30 heavy (non-hydrogen) atoms. The average molecular weight is 423 g/mol. The maximum absolute atomic E-state index is 13.0. The Labute approximate surface area is 183 Å². The van der Waals surface area contributed by atoms with Crippen LogP contribution in [0.1, 0.15) is 40.2 Å². The van der Waals surface area contributed by atoms with Crippen LogP contribution in [-0.4, -0.2) is 32.5 Å². The van der Waals surface area contributed by atoms with E-state index in [0.717, 1.165) is 22.2 Å². The molecule has 1 aromatic heterocycles. The van der Waals surface area contributed by atoms with E-state index in [1.165, 1.54) is 17.3 Å². The molecule has 1 heterocycles. The fourth-order valence-corrected chi connectivity index (χ4v) is 4.17. The van der Waals surface area contributed by atoms with E-state index in [1.54, 1.807) is 4.90 Å². The Morgan fingerprint density at radius 2 is 1.70 bits per heavy atom. The van der Waals surface area contributed by atoms with Crippen molar-refractivity contribution >= 4 is 23.4 Å². The molecule has 5 nitrogen and oxygen atoms in total. The monoisotopic (exact) mass is 422 g/mol. The number of aromatic nitrogens is 3. The van der Waals surface area contributed by atoms with Crippen LogP contribution in [0.25, 0.3) is 11.4 Å². The first kappa shape index (κ1) is 22.1. The van der Waals surface area contributed by atoms with Crippen LogP contribution in [0.15, 0.2) is 59.8 Å². The van der Waals surface area contributed by atoms with Crippen molar-refractivity contribution in [3.8, 4) is 11.4 Å². The average Bonchev–Trinajstić information content (AvgIpc) is 3.09. The van der Waals surface area contributed by atoms with Gasteiger partial charge >= 0.3 is 0 Å². The van der Waals surface area contributed by atoms with Gasteiger partial charge in [0, 0.05) is 24.8 Å². The van der Waals surface area contributed by atoms with Crippen LogP contribution in [0.2, 0.25) is 0 Å². The van der Waals surface area contributed by atoms with Crippen LogP contribution in [0, 0.1) is 0 Å². The zero-order chi connectivity index (χ0) is 21.9. The molecule has 0 fully saturated rings. The molecule has 0 aliphatic rings. The lowest BCUT2D eigenvalue weighted by atomic mass is 9.87. The van der Waals surface area contributed by atoms with Gasteiger partial charge in [-0.05, 0) is 37.0 Å². The summed E-state index contributed by atoms with van der Waals surface area (Å²) in [6.07, 6.45) is 0. The topological polar surface area (TPSA) is 51.0 Å². The largest absolute Gasteiger partial charge is 0.312 e. The van der Waals surface area contributed by atoms with E-state index in [9.17, 15) is 4.79 Å². The van der Waals surface area contributed by atoms with E-state index >= 15 is 0 Å². The lowest BCUT2D eigenvalue weighted by Crippen LogP contribution is -2.36. The van der Waals surface area contributed by atoms with Gasteiger partial charge in [-0.25, -0.2) is 0 Å². The number of para-hydroxylation sites is 1. The van der Waals surface area contributed by atoms with Crippen molar-refractivity contribution in [2.75, 3.05) is 11.4 Å². The first-order valence-electron chi connectivity index (χ1n) is 10.3. The van der Waals surface area contributed by atoms with Gasteiger partial charge in [0.2, 0.25) is 5.91 Å². The quantitative estimate of drug-likeness (QED) is 0.505. The van der Waals surface area contributed by atoms with Gasteiger partial charge in [-0.2, -0.15) is 0 Å². The summed E-state index contributed by atoms with van der Waals surface area (Å²) in [5, 5.41) is 9.19. The van der Waals surface area contributed by atoms with E-state index in [1.807, 2.05) is 55.8 Å². The van der Waals surface area contributed by atoms with Gasteiger partial charge in [0.05, 0.1) is 5.25 Å². The molecule has 3 rings (SSSR count). The Morgan fingerprint density at radius 1 is 1.07 bits per heavy atom. The standard InChI is InChI=1S/C24H30N4OS/c1-7-28(20-11-9-8-10-12-20)22(29)17(2)30-23-26-25-21(27(23)6)18-13-15-19(16-14-18)24(3,4)5/h8-17H,7H2,1-6H3. The van der Waals surface area contributed by atoms with Crippen molar-refractivity contribution in [1.29, 1.82) is 0 Å². The molecule has 0 aliphatic carbocycles. The SMILES string of the molecule is CCN(C(=O)C(C)Sc1nnc(-c2ccc(C(C)(C)C)cc2)n1C)c1ccccc1. The normalized spacial score (nSPS) is 12.6. The number of thioether (sulfide) groups is 1. The number of hydrogen-bond acceptors (Lipinski definition) is 4. The summed E-state index contributed by atoms with van der Waals surface area (Å²) in [4.78, 5) is 14.9. The van der Waals surface area contributed by atoms with E-state index in [-0.39, 0.29) is 16.6 Å². The third kappa shape index (κ3) is 4.75. The Balaban J connectivity index is 1.76. The fraction of sp³-hybridized carbons (Fsp3) is 0.375. The molecular weight excluding hydrogens is 392 g/mol. The number of hydrogen-bond donors (Lipinski definition) is 0. The number of anilines is 1. The molecule has 0 bridgehead atoms. The van der Waals surface area contributed by atoms with Crippen molar-refractivity contribution in [2.24, 2.45) is 7.05 Å². The molecule has 158 valence electrons. The molecule has 3 aromatic rings. The minimum absolute atomic E-state index is 0.0628. The molecule has 6 heteroatoms. The number of carbonyl (C=O) groups excluding carboxylic acids is 1. The number of rotatable bonds is 6. The highest BCUT2D eigenvalue weighted by Crippen LogP contribution is 2.29. The van der Waals surface area contributed by atoms with Crippen LogP contribution in [0.5, 0.6) is 0 Å². The molecule has 1 amide bonds. The predicted molar refractivity (Wildman–Crippen MR) is 125 cm³/mol. The third-order valence-corrected chi connectivity index (χ3v) is 6.25. The molecule has 2 aromatic carbocycles. The van der Waals surface area contributed by atoms with E-state index in [0.29, 0.717) is 6.54 Å². The highest BCUT2D eigenvalue weighted by Gasteiger charge is 2.24. The van der Waals surface area contributed by atoms with Gasteiger partial charge in [0.1, 0.15) is 0 Å². The summed E-state index contributed by atoms with van der Waals surface area (Å²) >= 11 is 1.44. The number of amides is 1. The minimum Gasteiger partial charge on any atom is -0.312 e. The molecule has 0 spiro atoms. The van der Waals surface area contributed by atoms with Gasteiger partial charge < -0.3 is 9.47 Å². The van der Waals surface area contributed by atoms with Gasteiger partial charge in [-0.1, -0.05) is 75.0 Å². The van der Waals surface area contributed by atoms with Crippen molar-refractivity contribution in [2.45, 2.75) is 50.4 Å². The number of nitrogens with zero attached hydrogens (tertiary/aromatic N) is 4. The van der Waals surface area contributed by atoms with Gasteiger partial charge in [-0.15, -0.1) is 10.2 Å². The van der Waals surface area contributed by atoms with Crippen LogP contribution in [0.3, 0.4) is 0 Å². The molecule has 0 radical (unpaired) electrons. The molecule has 0 aliphatic heterocycles. The summed E-state index contributed by atoms with van der Waals surface area (Å²) in [6.45, 7) is 11.1. The van der Waals surface area contributed by atoms with Crippen molar-refractivity contribution in [3.63, 3.8) is 0 Å². The zero-order valence-corrected chi connectivity index (χ0v) is 19.4. The lowest BCUT2D eigenvalue weighted by molar-refractivity contribution is -0.117. The molecule has 0 saturated heterocycles.